The van der Waals surface area contributed by atoms with E-state index in [0.29, 0.717) is 6.04 Å². The lowest BCUT2D eigenvalue weighted by atomic mass is 10.1. The van der Waals surface area contributed by atoms with Gasteiger partial charge in [0.05, 0.1) is 6.04 Å². The van der Waals surface area contributed by atoms with Crippen LogP contribution < -0.4 is 0 Å². The number of likely N-dealkylation sites (tertiary alicyclic amines) is 1. The molecule has 0 atom stereocenters. The Kier molecular flexibility index (Phi) is 2.22. The zero-order valence-corrected chi connectivity index (χ0v) is 7.81. The molecule has 1 saturated heterocycles. The van der Waals surface area contributed by atoms with Gasteiger partial charge in [-0.2, -0.15) is 5.10 Å². The molecule has 0 bridgehead atoms. The smallest absolute Gasteiger partial charge is 0.237 e. The molecule has 0 unspecified atom stereocenters. The number of halogens is 1. The summed E-state index contributed by atoms with van der Waals surface area (Å²) in [5, 5.41) is 4.10. The van der Waals surface area contributed by atoms with E-state index >= 15 is 0 Å². The van der Waals surface area contributed by atoms with Crippen molar-refractivity contribution in [3.63, 3.8) is 0 Å². The lowest BCUT2D eigenvalue weighted by Gasteiger charge is -2.38. The van der Waals surface area contributed by atoms with Gasteiger partial charge in [-0.05, 0) is 6.07 Å². The summed E-state index contributed by atoms with van der Waals surface area (Å²) in [6, 6.07) is 2.22. The van der Waals surface area contributed by atoms with Gasteiger partial charge in [0.25, 0.3) is 0 Å². The van der Waals surface area contributed by atoms with Gasteiger partial charge in [0.1, 0.15) is 5.88 Å². The van der Waals surface area contributed by atoms with Crippen molar-refractivity contribution in [1.29, 1.82) is 0 Å². The minimum Gasteiger partial charge on any atom is -0.337 e. The third-order valence-electron chi connectivity index (χ3n) is 2.23. The summed E-state index contributed by atoms with van der Waals surface area (Å²) in [6.07, 6.45) is 3.65. The number of rotatable bonds is 2. The molecule has 0 N–H and O–H groups in total. The highest BCUT2D eigenvalue weighted by molar-refractivity contribution is 6.27. The van der Waals surface area contributed by atoms with Crippen LogP contribution in [-0.4, -0.2) is 39.6 Å². The van der Waals surface area contributed by atoms with Gasteiger partial charge in [0, 0.05) is 25.5 Å². The van der Waals surface area contributed by atoms with Crippen molar-refractivity contribution >= 4 is 17.5 Å². The van der Waals surface area contributed by atoms with Crippen molar-refractivity contribution in [2.45, 2.75) is 6.04 Å². The highest BCUT2D eigenvalue weighted by Crippen LogP contribution is 2.19. The van der Waals surface area contributed by atoms with Gasteiger partial charge in [-0.15, -0.1) is 11.6 Å². The summed E-state index contributed by atoms with van der Waals surface area (Å²) in [7, 11) is 0. The molecule has 0 spiro atoms. The highest BCUT2D eigenvalue weighted by Gasteiger charge is 2.31. The molecule has 1 aliphatic rings. The second kappa shape index (κ2) is 3.38. The van der Waals surface area contributed by atoms with E-state index in [0.717, 1.165) is 13.1 Å². The molecule has 1 aliphatic heterocycles. The molecule has 5 heteroatoms. The first-order valence-electron chi connectivity index (χ1n) is 4.14. The second-order valence-electron chi connectivity index (χ2n) is 3.07. The summed E-state index contributed by atoms with van der Waals surface area (Å²) in [5.41, 5.74) is 0. The van der Waals surface area contributed by atoms with Gasteiger partial charge in [-0.25, -0.2) is 0 Å². The number of aromatic nitrogens is 2. The highest BCUT2D eigenvalue weighted by atomic mass is 35.5. The minimum absolute atomic E-state index is 0.00470. The van der Waals surface area contributed by atoms with Crippen LogP contribution >= 0.6 is 11.6 Å². The fourth-order valence-electron chi connectivity index (χ4n) is 1.41. The van der Waals surface area contributed by atoms with Crippen LogP contribution in [0.2, 0.25) is 0 Å². The van der Waals surface area contributed by atoms with E-state index in [-0.39, 0.29) is 11.8 Å². The molecular formula is C8H10ClN3O. The van der Waals surface area contributed by atoms with E-state index in [9.17, 15) is 4.79 Å². The maximum atomic E-state index is 11.1. The number of alkyl halides is 1. The molecule has 13 heavy (non-hydrogen) atoms. The Morgan fingerprint density at radius 1 is 1.62 bits per heavy atom. The van der Waals surface area contributed by atoms with Crippen molar-refractivity contribution in [3.8, 4) is 0 Å². The zero-order chi connectivity index (χ0) is 9.26. The lowest BCUT2D eigenvalue weighted by molar-refractivity contribution is -0.134. The quantitative estimate of drug-likeness (QED) is 0.651. The Labute approximate surface area is 81.1 Å². The predicted molar refractivity (Wildman–Crippen MR) is 48.6 cm³/mol. The van der Waals surface area contributed by atoms with E-state index in [2.05, 4.69) is 5.10 Å². The van der Waals surface area contributed by atoms with E-state index in [1.807, 2.05) is 16.9 Å². The van der Waals surface area contributed by atoms with E-state index in [1.165, 1.54) is 0 Å². The summed E-state index contributed by atoms with van der Waals surface area (Å²) in [6.45, 7) is 1.46. The van der Waals surface area contributed by atoms with Crippen molar-refractivity contribution < 1.29 is 4.79 Å². The zero-order valence-electron chi connectivity index (χ0n) is 7.06. The van der Waals surface area contributed by atoms with Gasteiger partial charge in [-0.1, -0.05) is 0 Å². The Hall–Kier alpha value is -1.03. The van der Waals surface area contributed by atoms with Crippen molar-refractivity contribution in [3.05, 3.63) is 18.5 Å². The van der Waals surface area contributed by atoms with Gasteiger partial charge >= 0.3 is 0 Å². The molecule has 4 nitrogen and oxygen atoms in total. The molecule has 1 aromatic rings. The third kappa shape index (κ3) is 1.54. The summed E-state index contributed by atoms with van der Waals surface area (Å²) in [5.74, 6) is 0.0799. The molecule has 0 aliphatic carbocycles. The number of nitrogens with zero attached hydrogens (tertiary/aromatic N) is 3. The first-order valence-corrected chi connectivity index (χ1v) is 4.67. The average molecular weight is 200 g/mol. The third-order valence-corrected chi connectivity index (χ3v) is 2.46. The predicted octanol–water partition coefficient (Wildman–Crippen LogP) is 0.505. The number of hydrogen-bond acceptors (Lipinski definition) is 2. The van der Waals surface area contributed by atoms with Gasteiger partial charge in [0.2, 0.25) is 5.91 Å². The number of amides is 1. The maximum Gasteiger partial charge on any atom is 0.237 e. The molecule has 1 aromatic heterocycles. The van der Waals surface area contributed by atoms with Crippen LogP contribution in [0.4, 0.5) is 0 Å². The van der Waals surface area contributed by atoms with E-state index in [4.69, 9.17) is 11.6 Å². The number of hydrogen-bond donors (Lipinski definition) is 0. The maximum absolute atomic E-state index is 11.1. The largest absolute Gasteiger partial charge is 0.337 e. The van der Waals surface area contributed by atoms with Crippen LogP contribution in [0, 0.1) is 0 Å². The van der Waals surface area contributed by atoms with Crippen LogP contribution in [0.15, 0.2) is 18.5 Å². The van der Waals surface area contributed by atoms with Crippen LogP contribution in [0.3, 0.4) is 0 Å². The van der Waals surface area contributed by atoms with Crippen LogP contribution in [0.5, 0.6) is 0 Å². The first kappa shape index (κ1) is 8.56. The topological polar surface area (TPSA) is 38.1 Å². The second-order valence-corrected chi connectivity index (χ2v) is 3.34. The van der Waals surface area contributed by atoms with Crippen LogP contribution in [0.25, 0.3) is 0 Å². The molecule has 0 aromatic carbocycles. The van der Waals surface area contributed by atoms with E-state index in [1.54, 1.807) is 11.1 Å². The number of carbonyl (C=O) groups is 1. The molecule has 70 valence electrons. The fraction of sp³-hybridized carbons (Fsp3) is 0.500. The van der Waals surface area contributed by atoms with Gasteiger partial charge in [0.15, 0.2) is 0 Å². The molecule has 1 fully saturated rings. The van der Waals surface area contributed by atoms with Crippen LogP contribution in [-0.2, 0) is 4.79 Å². The minimum atomic E-state index is 0.00470. The van der Waals surface area contributed by atoms with Gasteiger partial charge in [-0.3, -0.25) is 9.48 Å². The van der Waals surface area contributed by atoms with Crippen LogP contribution in [0.1, 0.15) is 6.04 Å². The fourth-order valence-corrected chi connectivity index (χ4v) is 1.58. The first-order chi connectivity index (χ1) is 6.31. The molecule has 0 radical (unpaired) electrons. The molecule has 2 rings (SSSR count). The van der Waals surface area contributed by atoms with Crippen molar-refractivity contribution in [2.75, 3.05) is 19.0 Å². The molecular weight excluding hydrogens is 190 g/mol. The Balaban J connectivity index is 1.89. The molecule has 2 heterocycles. The molecule has 0 saturated carbocycles. The lowest BCUT2D eigenvalue weighted by Crippen LogP contribution is -2.51. The molecule has 1 amide bonds. The van der Waals surface area contributed by atoms with E-state index < -0.39 is 0 Å². The SMILES string of the molecule is O=C(CCl)N1CC(n2cccn2)C1. The number of carbonyl (C=O) groups excluding carboxylic acids is 1. The van der Waals surface area contributed by atoms with Crippen molar-refractivity contribution in [2.24, 2.45) is 0 Å². The Morgan fingerprint density at radius 3 is 2.92 bits per heavy atom. The Morgan fingerprint density at radius 2 is 2.38 bits per heavy atom. The normalized spacial score (nSPS) is 17.2. The summed E-state index contributed by atoms with van der Waals surface area (Å²) in [4.78, 5) is 12.8. The average Bonchev–Trinajstić information content (AvgIpc) is 2.54. The summed E-state index contributed by atoms with van der Waals surface area (Å²) >= 11 is 5.42. The standard InChI is InChI=1S/C8H10ClN3O/c9-4-8(13)11-5-7(6-11)12-3-1-2-10-12/h1-3,7H,4-6H2. The Bertz CT molecular complexity index is 292. The monoisotopic (exact) mass is 199 g/mol. The van der Waals surface area contributed by atoms with Crippen molar-refractivity contribution in [1.82, 2.24) is 14.7 Å². The summed E-state index contributed by atoms with van der Waals surface area (Å²) < 4.78 is 1.87. The van der Waals surface area contributed by atoms with Gasteiger partial charge < -0.3 is 4.90 Å².